The molecule has 0 spiro atoms. The smallest absolute Gasteiger partial charge is 0.394 e. The molecule has 50 heavy (non-hydrogen) atoms. The summed E-state index contributed by atoms with van der Waals surface area (Å²) >= 11 is 0. The summed E-state index contributed by atoms with van der Waals surface area (Å²) in [4.78, 5) is 13.8. The summed E-state index contributed by atoms with van der Waals surface area (Å²) < 4.78 is 12.3. The van der Waals surface area contributed by atoms with Crippen molar-refractivity contribution in [2.24, 2.45) is 0 Å². The van der Waals surface area contributed by atoms with Gasteiger partial charge >= 0.3 is 6.16 Å². The first-order valence-corrected chi connectivity index (χ1v) is 16.8. The van der Waals surface area contributed by atoms with Crippen molar-refractivity contribution in [2.75, 3.05) is 0 Å². The lowest BCUT2D eigenvalue weighted by Gasteiger charge is -2.19. The molecule has 0 saturated heterocycles. The molecule has 0 unspecified atom stereocenters. The van der Waals surface area contributed by atoms with Crippen molar-refractivity contribution in [1.29, 1.82) is 0 Å². The highest BCUT2D eigenvalue weighted by atomic mass is 16.7. The highest BCUT2D eigenvalue weighted by Crippen LogP contribution is 2.45. The van der Waals surface area contributed by atoms with Gasteiger partial charge < -0.3 is 9.47 Å². The molecule has 0 bridgehead atoms. The van der Waals surface area contributed by atoms with E-state index in [1.807, 2.05) is 84.9 Å². The van der Waals surface area contributed by atoms with Crippen LogP contribution in [-0.4, -0.2) is 6.16 Å². The summed E-state index contributed by atoms with van der Waals surface area (Å²) in [6.07, 6.45) is -0.805. The second-order valence-electron chi connectivity index (χ2n) is 12.5. The number of hydrogen-bond donors (Lipinski definition) is 0. The van der Waals surface area contributed by atoms with Gasteiger partial charge in [-0.3, -0.25) is 0 Å². The molecule has 0 heterocycles. The molecule has 0 N–H and O–H groups in total. The van der Waals surface area contributed by atoms with Crippen LogP contribution in [0.25, 0.3) is 66.1 Å². The van der Waals surface area contributed by atoms with Crippen LogP contribution < -0.4 is 9.47 Å². The Morgan fingerprint density at radius 1 is 0.360 bits per heavy atom. The zero-order valence-corrected chi connectivity index (χ0v) is 27.9. The number of aryl methyl sites for hydroxylation is 2. The zero-order valence-electron chi connectivity index (χ0n) is 27.9. The monoisotopic (exact) mass is 646 g/mol. The first-order valence-electron chi connectivity index (χ1n) is 16.8. The van der Waals surface area contributed by atoms with Crippen molar-refractivity contribution < 1.29 is 14.3 Å². The highest BCUT2D eigenvalue weighted by Gasteiger charge is 2.22. The van der Waals surface area contributed by atoms with Crippen LogP contribution in [-0.2, 0) is 0 Å². The molecule has 240 valence electrons. The maximum Gasteiger partial charge on any atom is 0.519 e. The Morgan fingerprint density at radius 2 is 0.720 bits per heavy atom. The summed E-state index contributed by atoms with van der Waals surface area (Å²) in [7, 11) is 0. The molecule has 0 amide bonds. The van der Waals surface area contributed by atoms with E-state index < -0.39 is 6.16 Å². The Morgan fingerprint density at radius 3 is 1.16 bits per heavy atom. The minimum atomic E-state index is -0.805. The maximum atomic E-state index is 13.8. The van der Waals surface area contributed by atoms with Crippen molar-refractivity contribution in [1.82, 2.24) is 0 Å². The van der Waals surface area contributed by atoms with E-state index in [4.69, 9.17) is 9.47 Å². The standard InChI is InChI=1S/C47H34O3/c1-31-15-3-7-19-35(31)39-29-27-33-17-5-9-21-37(33)45(39)41-23-11-13-25-43(41)49-47(48)50-44-26-14-12-24-42(44)46-38-22-10-6-18-34(38)28-30-40(46)36-20-8-4-16-32(36)2/h3-30H,1-2H3. The lowest BCUT2D eigenvalue weighted by Crippen LogP contribution is -2.15. The fourth-order valence-corrected chi connectivity index (χ4v) is 7.05. The van der Waals surface area contributed by atoms with Crippen molar-refractivity contribution in [3.8, 4) is 56.0 Å². The quantitative estimate of drug-likeness (QED) is 0.133. The average Bonchev–Trinajstić information content (AvgIpc) is 3.15. The molecule has 3 heteroatoms. The number of fused-ring (bicyclic) bond motifs is 2. The van der Waals surface area contributed by atoms with Gasteiger partial charge in [-0.25, -0.2) is 4.79 Å². The van der Waals surface area contributed by atoms with Gasteiger partial charge in [-0.1, -0.05) is 158 Å². The van der Waals surface area contributed by atoms with Gasteiger partial charge in [-0.2, -0.15) is 0 Å². The zero-order chi connectivity index (χ0) is 34.0. The number of carbonyl (C=O) groups excluding carboxylic acids is 1. The van der Waals surface area contributed by atoms with Crippen molar-refractivity contribution in [3.63, 3.8) is 0 Å². The third-order valence-electron chi connectivity index (χ3n) is 9.43. The highest BCUT2D eigenvalue weighted by molar-refractivity contribution is 6.07. The Hall–Kier alpha value is -6.45. The fourth-order valence-electron chi connectivity index (χ4n) is 7.05. The van der Waals surface area contributed by atoms with Crippen LogP contribution >= 0.6 is 0 Å². The van der Waals surface area contributed by atoms with Gasteiger partial charge in [0.2, 0.25) is 0 Å². The predicted octanol–water partition coefficient (Wildman–Crippen LogP) is 12.9. The fraction of sp³-hybridized carbons (Fsp3) is 0.0426. The van der Waals surface area contributed by atoms with Crippen LogP contribution in [0.4, 0.5) is 4.79 Å². The summed E-state index contributed by atoms with van der Waals surface area (Å²) in [6.45, 7) is 4.23. The van der Waals surface area contributed by atoms with E-state index in [-0.39, 0.29) is 0 Å². The van der Waals surface area contributed by atoms with E-state index in [1.165, 1.54) is 0 Å². The molecule has 0 atom stereocenters. The SMILES string of the molecule is Cc1ccccc1-c1ccc2ccccc2c1-c1ccccc1OC(=O)Oc1ccccc1-c1c(-c2ccccc2C)ccc2ccccc12. The lowest BCUT2D eigenvalue weighted by molar-refractivity contribution is 0.152. The van der Waals surface area contributed by atoms with Crippen LogP contribution in [0, 0.1) is 13.8 Å². The van der Waals surface area contributed by atoms with E-state index in [0.29, 0.717) is 11.5 Å². The van der Waals surface area contributed by atoms with E-state index in [9.17, 15) is 4.79 Å². The third-order valence-corrected chi connectivity index (χ3v) is 9.43. The van der Waals surface area contributed by atoms with Crippen molar-refractivity contribution >= 4 is 27.7 Å². The second kappa shape index (κ2) is 13.2. The Bertz CT molecular complexity index is 2370. The first-order chi connectivity index (χ1) is 24.6. The number of para-hydroxylation sites is 2. The molecule has 8 aromatic rings. The third kappa shape index (κ3) is 5.69. The molecule has 0 radical (unpaired) electrons. The molecular formula is C47H34O3. The minimum Gasteiger partial charge on any atom is -0.394 e. The van der Waals surface area contributed by atoms with Gasteiger partial charge in [0.05, 0.1) is 0 Å². The molecule has 3 nitrogen and oxygen atoms in total. The van der Waals surface area contributed by atoms with E-state index in [0.717, 1.165) is 77.2 Å². The molecule has 0 fully saturated rings. The minimum absolute atomic E-state index is 0.423. The molecular weight excluding hydrogens is 613 g/mol. The normalized spacial score (nSPS) is 11.1. The average molecular weight is 647 g/mol. The van der Waals surface area contributed by atoms with Crippen LogP contribution in [0.3, 0.4) is 0 Å². The first kappa shape index (κ1) is 30.9. The van der Waals surface area contributed by atoms with Gasteiger partial charge in [-0.15, -0.1) is 0 Å². The Kier molecular flexibility index (Phi) is 8.16. The van der Waals surface area contributed by atoms with Crippen LogP contribution in [0.1, 0.15) is 11.1 Å². The van der Waals surface area contributed by atoms with Gasteiger partial charge in [-0.05, 0) is 80.9 Å². The van der Waals surface area contributed by atoms with E-state index in [2.05, 4.69) is 98.8 Å². The Balaban J connectivity index is 1.21. The summed E-state index contributed by atoms with van der Waals surface area (Å²) in [5.41, 5.74) is 10.3. The molecule has 0 saturated carbocycles. The van der Waals surface area contributed by atoms with Crippen LogP contribution in [0.5, 0.6) is 11.5 Å². The van der Waals surface area contributed by atoms with E-state index >= 15 is 0 Å². The molecule has 8 rings (SSSR count). The van der Waals surface area contributed by atoms with E-state index in [1.54, 1.807) is 0 Å². The molecule has 8 aromatic carbocycles. The van der Waals surface area contributed by atoms with Crippen LogP contribution in [0.15, 0.2) is 170 Å². The number of benzene rings is 8. The topological polar surface area (TPSA) is 35.5 Å². The molecule has 0 aliphatic rings. The number of rotatable bonds is 6. The Labute approximate surface area is 292 Å². The van der Waals surface area contributed by atoms with Crippen molar-refractivity contribution in [3.05, 3.63) is 181 Å². The van der Waals surface area contributed by atoms with Gasteiger partial charge in [0.1, 0.15) is 11.5 Å². The van der Waals surface area contributed by atoms with Gasteiger partial charge in [0.25, 0.3) is 0 Å². The number of hydrogen-bond acceptors (Lipinski definition) is 3. The van der Waals surface area contributed by atoms with Gasteiger partial charge in [0.15, 0.2) is 0 Å². The largest absolute Gasteiger partial charge is 0.519 e. The second-order valence-corrected chi connectivity index (χ2v) is 12.5. The van der Waals surface area contributed by atoms with Crippen molar-refractivity contribution in [2.45, 2.75) is 13.8 Å². The summed E-state index contributed by atoms with van der Waals surface area (Å²) in [6, 6.07) is 57.3. The predicted molar refractivity (Wildman–Crippen MR) is 206 cm³/mol. The molecule has 0 aliphatic carbocycles. The maximum absolute atomic E-state index is 13.8. The van der Waals surface area contributed by atoms with Gasteiger partial charge in [0, 0.05) is 22.3 Å². The summed E-state index contributed by atoms with van der Waals surface area (Å²) in [5, 5.41) is 4.35. The summed E-state index contributed by atoms with van der Waals surface area (Å²) in [5.74, 6) is 0.846. The number of carbonyl (C=O) groups is 1. The van der Waals surface area contributed by atoms with Crippen LogP contribution in [0.2, 0.25) is 0 Å². The molecule has 0 aromatic heterocycles. The number of ether oxygens (including phenoxy) is 2. The lowest BCUT2D eigenvalue weighted by atomic mass is 9.88. The molecule has 0 aliphatic heterocycles.